The Balaban J connectivity index is 1.23. The Morgan fingerprint density at radius 3 is 2.67 bits per heavy atom. The highest BCUT2D eigenvalue weighted by atomic mass is 16.3. The minimum absolute atomic E-state index is 0.196. The summed E-state index contributed by atoms with van der Waals surface area (Å²) in [6, 6.07) is 1.10. The molecule has 1 N–H and O–H groups in total. The third kappa shape index (κ3) is 4.91. The van der Waals surface area contributed by atoms with E-state index in [9.17, 15) is 4.79 Å². The van der Waals surface area contributed by atoms with Gasteiger partial charge in [-0.1, -0.05) is 13.8 Å². The molecule has 0 unspecified atom stereocenters. The minimum Gasteiger partial charge on any atom is -0.448 e. The fraction of sp³-hybridized carbons (Fsp3) is 0.810. The van der Waals surface area contributed by atoms with Gasteiger partial charge >= 0.3 is 0 Å². The summed E-state index contributed by atoms with van der Waals surface area (Å²) in [5.74, 6) is 1.67. The molecule has 0 aromatic carbocycles. The fourth-order valence-electron chi connectivity index (χ4n) is 4.43. The molecule has 1 aromatic heterocycles. The van der Waals surface area contributed by atoms with Crippen molar-refractivity contribution in [1.82, 2.24) is 20.1 Å². The standard InChI is InChI=1S/C21H34N4O2/c1-15(2)21-23-18(14-27-21)13-24-10-7-19(8-11-24)25-9-3-4-16(12-25)20(26)22-17-5-6-17/h14-17,19H,3-13H2,1-2H3,(H,22,26)/t16-/m0/s1. The quantitative estimate of drug-likeness (QED) is 0.830. The first-order chi connectivity index (χ1) is 13.1. The second-order valence-electron chi connectivity index (χ2n) is 8.96. The normalized spacial score (nSPS) is 25.8. The summed E-state index contributed by atoms with van der Waals surface area (Å²) >= 11 is 0. The number of rotatable bonds is 6. The molecule has 3 fully saturated rings. The van der Waals surface area contributed by atoms with E-state index in [0.717, 1.165) is 57.2 Å². The number of hydrogen-bond donors (Lipinski definition) is 1. The van der Waals surface area contributed by atoms with Crippen molar-refractivity contribution in [2.45, 2.75) is 76.9 Å². The predicted molar refractivity (Wildman–Crippen MR) is 104 cm³/mol. The number of likely N-dealkylation sites (tertiary alicyclic amines) is 2. The zero-order chi connectivity index (χ0) is 18.8. The first-order valence-corrected chi connectivity index (χ1v) is 10.8. The van der Waals surface area contributed by atoms with Crippen LogP contribution in [-0.4, -0.2) is 59.0 Å². The van der Waals surface area contributed by atoms with Gasteiger partial charge in [-0.25, -0.2) is 4.98 Å². The summed E-state index contributed by atoms with van der Waals surface area (Å²) in [5.41, 5.74) is 1.05. The van der Waals surface area contributed by atoms with E-state index in [1.54, 1.807) is 0 Å². The van der Waals surface area contributed by atoms with Gasteiger partial charge in [0.05, 0.1) is 11.6 Å². The number of oxazole rings is 1. The lowest BCUT2D eigenvalue weighted by Gasteiger charge is -2.42. The summed E-state index contributed by atoms with van der Waals surface area (Å²) in [5, 5.41) is 3.20. The van der Waals surface area contributed by atoms with Gasteiger partial charge in [0.2, 0.25) is 5.91 Å². The Hall–Kier alpha value is -1.40. The molecule has 150 valence electrons. The predicted octanol–water partition coefficient (Wildman–Crippen LogP) is 2.75. The maximum atomic E-state index is 12.4. The number of hydrogen-bond acceptors (Lipinski definition) is 5. The van der Waals surface area contributed by atoms with Crippen LogP contribution in [0.2, 0.25) is 0 Å². The van der Waals surface area contributed by atoms with Gasteiger partial charge in [0.1, 0.15) is 6.26 Å². The number of aromatic nitrogens is 1. The van der Waals surface area contributed by atoms with Gasteiger partial charge < -0.3 is 9.73 Å². The van der Waals surface area contributed by atoms with Crippen LogP contribution >= 0.6 is 0 Å². The van der Waals surface area contributed by atoms with Gasteiger partial charge in [0.25, 0.3) is 0 Å². The van der Waals surface area contributed by atoms with E-state index in [1.165, 1.54) is 25.7 Å². The Morgan fingerprint density at radius 1 is 1.22 bits per heavy atom. The van der Waals surface area contributed by atoms with Gasteiger partial charge in [-0.05, 0) is 45.1 Å². The molecule has 0 bridgehead atoms. The van der Waals surface area contributed by atoms with Crippen molar-refractivity contribution in [3.8, 4) is 0 Å². The highest BCUT2D eigenvalue weighted by Gasteiger charge is 2.33. The number of piperidine rings is 2. The van der Waals surface area contributed by atoms with E-state index in [0.29, 0.717) is 23.9 Å². The van der Waals surface area contributed by atoms with Crippen LogP contribution in [-0.2, 0) is 11.3 Å². The first kappa shape index (κ1) is 18.9. The Bertz CT molecular complexity index is 632. The topological polar surface area (TPSA) is 61.6 Å². The molecule has 0 radical (unpaired) electrons. The number of amides is 1. The molecule has 2 aliphatic heterocycles. The molecule has 6 nitrogen and oxygen atoms in total. The summed E-state index contributed by atoms with van der Waals surface area (Å²) in [4.78, 5) is 22.1. The zero-order valence-corrected chi connectivity index (χ0v) is 16.8. The Kier molecular flexibility index (Phi) is 5.83. The molecule has 4 rings (SSSR count). The number of nitrogens with one attached hydrogen (secondary N) is 1. The maximum absolute atomic E-state index is 12.4. The van der Waals surface area contributed by atoms with Crippen molar-refractivity contribution in [2.75, 3.05) is 26.2 Å². The lowest BCUT2D eigenvalue weighted by atomic mass is 9.93. The van der Waals surface area contributed by atoms with Crippen LogP contribution in [0.4, 0.5) is 0 Å². The highest BCUT2D eigenvalue weighted by molar-refractivity contribution is 5.79. The van der Waals surface area contributed by atoms with Gasteiger partial charge in [0.15, 0.2) is 5.89 Å². The molecule has 2 saturated heterocycles. The average molecular weight is 375 g/mol. The second-order valence-corrected chi connectivity index (χ2v) is 8.96. The van der Waals surface area contributed by atoms with Crippen molar-refractivity contribution >= 4 is 5.91 Å². The van der Waals surface area contributed by atoms with E-state index >= 15 is 0 Å². The molecule has 3 heterocycles. The average Bonchev–Trinajstić information content (AvgIpc) is 3.37. The van der Waals surface area contributed by atoms with Crippen LogP contribution in [0.5, 0.6) is 0 Å². The fourth-order valence-corrected chi connectivity index (χ4v) is 4.43. The van der Waals surface area contributed by atoms with Gasteiger partial charge in [-0.15, -0.1) is 0 Å². The van der Waals surface area contributed by atoms with E-state index in [2.05, 4.69) is 33.9 Å². The zero-order valence-electron chi connectivity index (χ0n) is 16.8. The lowest BCUT2D eigenvalue weighted by molar-refractivity contribution is -0.127. The van der Waals surface area contributed by atoms with Crippen LogP contribution in [0.15, 0.2) is 10.7 Å². The molecule has 1 amide bonds. The summed E-state index contributed by atoms with van der Waals surface area (Å²) < 4.78 is 5.57. The van der Waals surface area contributed by atoms with Crippen LogP contribution < -0.4 is 5.32 Å². The summed E-state index contributed by atoms with van der Waals surface area (Å²) in [6.45, 7) is 9.41. The number of carbonyl (C=O) groups excluding carboxylic acids is 1. The third-order valence-electron chi connectivity index (χ3n) is 6.27. The lowest BCUT2D eigenvalue weighted by Crippen LogP contribution is -2.50. The van der Waals surface area contributed by atoms with Crippen molar-refractivity contribution in [2.24, 2.45) is 5.92 Å². The van der Waals surface area contributed by atoms with Crippen LogP contribution in [0.25, 0.3) is 0 Å². The number of nitrogens with zero attached hydrogens (tertiary/aromatic N) is 3. The van der Waals surface area contributed by atoms with E-state index in [-0.39, 0.29) is 5.92 Å². The van der Waals surface area contributed by atoms with E-state index < -0.39 is 0 Å². The van der Waals surface area contributed by atoms with Gasteiger partial charge in [-0.2, -0.15) is 0 Å². The number of carbonyl (C=O) groups is 1. The third-order valence-corrected chi connectivity index (χ3v) is 6.27. The molecule has 1 aliphatic carbocycles. The maximum Gasteiger partial charge on any atom is 0.224 e. The van der Waals surface area contributed by atoms with Crippen molar-refractivity contribution in [3.63, 3.8) is 0 Å². The van der Waals surface area contributed by atoms with Crippen LogP contribution in [0.1, 0.15) is 69.9 Å². The largest absolute Gasteiger partial charge is 0.448 e. The Labute approximate surface area is 162 Å². The molecule has 1 saturated carbocycles. The molecular formula is C21H34N4O2. The highest BCUT2D eigenvalue weighted by Crippen LogP contribution is 2.26. The first-order valence-electron chi connectivity index (χ1n) is 10.8. The van der Waals surface area contributed by atoms with E-state index in [1.807, 2.05) is 6.26 Å². The van der Waals surface area contributed by atoms with Crippen molar-refractivity contribution in [1.29, 1.82) is 0 Å². The van der Waals surface area contributed by atoms with Crippen molar-refractivity contribution in [3.05, 3.63) is 17.8 Å². The van der Waals surface area contributed by atoms with Crippen molar-refractivity contribution < 1.29 is 9.21 Å². The molecule has 0 spiro atoms. The smallest absolute Gasteiger partial charge is 0.224 e. The summed E-state index contributed by atoms with van der Waals surface area (Å²) in [6.07, 6.45) is 8.74. The molecular weight excluding hydrogens is 340 g/mol. The molecule has 6 heteroatoms. The van der Waals surface area contributed by atoms with Gasteiger partial charge in [-0.3, -0.25) is 14.6 Å². The summed E-state index contributed by atoms with van der Waals surface area (Å²) in [7, 11) is 0. The SMILES string of the molecule is CC(C)c1nc(CN2CCC(N3CCC[C@H](C(=O)NC4CC4)C3)CC2)co1. The van der Waals surface area contributed by atoms with Crippen LogP contribution in [0, 0.1) is 5.92 Å². The molecule has 27 heavy (non-hydrogen) atoms. The van der Waals surface area contributed by atoms with Gasteiger partial charge in [0, 0.05) is 44.2 Å². The van der Waals surface area contributed by atoms with E-state index in [4.69, 9.17) is 4.42 Å². The molecule has 1 atom stereocenters. The Morgan fingerprint density at radius 2 is 2.00 bits per heavy atom. The molecule has 3 aliphatic rings. The monoisotopic (exact) mass is 374 g/mol. The van der Waals surface area contributed by atoms with Crippen LogP contribution in [0.3, 0.4) is 0 Å². The second kappa shape index (κ2) is 8.31. The minimum atomic E-state index is 0.196. The molecule has 1 aromatic rings.